The Kier molecular flexibility index (Phi) is 8.10. The van der Waals surface area contributed by atoms with Gasteiger partial charge in [0.05, 0.1) is 20.2 Å². The largest absolute Gasteiger partial charge is 0.497 e. The van der Waals surface area contributed by atoms with E-state index in [2.05, 4.69) is 10.6 Å². The van der Waals surface area contributed by atoms with Crippen molar-refractivity contribution in [3.8, 4) is 5.75 Å². The number of rotatable bonds is 9. The highest BCUT2D eigenvalue weighted by Crippen LogP contribution is 2.15. The lowest BCUT2D eigenvalue weighted by Crippen LogP contribution is -2.40. The number of carbonyl (C=O) groups is 2. The summed E-state index contributed by atoms with van der Waals surface area (Å²) in [4.78, 5) is 26.1. The summed E-state index contributed by atoms with van der Waals surface area (Å²) in [6.07, 6.45) is 0. The van der Waals surface area contributed by atoms with Gasteiger partial charge in [0.15, 0.2) is 0 Å². The highest BCUT2D eigenvalue weighted by molar-refractivity contribution is 6.30. The molecule has 0 atom stereocenters. The zero-order valence-electron chi connectivity index (χ0n) is 15.5. The fourth-order valence-corrected chi connectivity index (χ4v) is 2.55. The van der Waals surface area contributed by atoms with E-state index in [1.807, 2.05) is 19.1 Å². The maximum Gasteiger partial charge on any atom is 0.238 e. The first-order valence-electron chi connectivity index (χ1n) is 8.67. The summed E-state index contributed by atoms with van der Waals surface area (Å²) in [5.74, 6) is 0.414. The molecule has 0 fully saturated rings. The normalized spacial score (nSPS) is 10.5. The van der Waals surface area contributed by atoms with Crippen molar-refractivity contribution >= 4 is 29.1 Å². The number of anilines is 1. The molecule has 0 saturated carbocycles. The van der Waals surface area contributed by atoms with Gasteiger partial charge < -0.3 is 15.4 Å². The Balaban J connectivity index is 1.78. The van der Waals surface area contributed by atoms with Gasteiger partial charge in [0, 0.05) is 17.3 Å². The van der Waals surface area contributed by atoms with Crippen LogP contribution in [0.15, 0.2) is 48.5 Å². The molecular formula is C20H24ClN3O3. The number of methoxy groups -OCH3 is 1. The van der Waals surface area contributed by atoms with Crippen LogP contribution >= 0.6 is 11.6 Å². The first-order valence-corrected chi connectivity index (χ1v) is 9.05. The van der Waals surface area contributed by atoms with Gasteiger partial charge in [-0.3, -0.25) is 14.5 Å². The molecule has 2 amide bonds. The van der Waals surface area contributed by atoms with Crippen molar-refractivity contribution in [1.29, 1.82) is 0 Å². The second-order valence-corrected chi connectivity index (χ2v) is 6.42. The van der Waals surface area contributed by atoms with E-state index in [4.69, 9.17) is 16.3 Å². The SMILES string of the molecule is CCN(CC(=O)NCc1ccc(Cl)cc1)CC(=O)Nc1ccc(OC)cc1. The predicted octanol–water partition coefficient (Wildman–Crippen LogP) is 2.93. The van der Waals surface area contributed by atoms with E-state index in [1.165, 1.54) is 0 Å². The average Bonchev–Trinajstić information content (AvgIpc) is 2.67. The monoisotopic (exact) mass is 389 g/mol. The summed E-state index contributed by atoms with van der Waals surface area (Å²) >= 11 is 5.85. The Hall–Kier alpha value is -2.57. The minimum atomic E-state index is -0.174. The maximum atomic E-state index is 12.2. The third-order valence-electron chi connectivity index (χ3n) is 3.96. The highest BCUT2D eigenvalue weighted by atomic mass is 35.5. The molecule has 27 heavy (non-hydrogen) atoms. The van der Waals surface area contributed by atoms with Crippen molar-refractivity contribution in [3.05, 3.63) is 59.1 Å². The van der Waals surface area contributed by atoms with Crippen LogP contribution in [0, 0.1) is 0 Å². The summed E-state index contributed by atoms with van der Waals surface area (Å²) in [5.41, 5.74) is 1.65. The van der Waals surface area contributed by atoms with Crippen LogP contribution in [0.1, 0.15) is 12.5 Å². The van der Waals surface area contributed by atoms with Crippen LogP contribution < -0.4 is 15.4 Å². The molecule has 0 heterocycles. The number of nitrogens with one attached hydrogen (secondary N) is 2. The van der Waals surface area contributed by atoms with E-state index in [9.17, 15) is 9.59 Å². The molecule has 0 aliphatic heterocycles. The Labute approximate surface area is 164 Å². The summed E-state index contributed by atoms with van der Waals surface area (Å²) in [7, 11) is 1.59. The zero-order valence-corrected chi connectivity index (χ0v) is 16.3. The van der Waals surface area contributed by atoms with Crippen molar-refractivity contribution < 1.29 is 14.3 Å². The smallest absolute Gasteiger partial charge is 0.238 e. The van der Waals surface area contributed by atoms with Crippen LogP contribution in [0.2, 0.25) is 5.02 Å². The standard InChI is InChI=1S/C20H24ClN3O3/c1-3-24(13-19(25)22-12-15-4-6-16(21)7-5-15)14-20(26)23-17-8-10-18(27-2)11-9-17/h4-11H,3,12-14H2,1-2H3,(H,22,25)(H,23,26). The number of halogens is 1. The Morgan fingerprint density at radius 3 is 2.22 bits per heavy atom. The molecule has 0 bridgehead atoms. The average molecular weight is 390 g/mol. The first-order chi connectivity index (χ1) is 13.0. The first kappa shape index (κ1) is 20.7. The minimum absolute atomic E-state index is 0.135. The van der Waals surface area contributed by atoms with Gasteiger partial charge in [-0.15, -0.1) is 0 Å². The van der Waals surface area contributed by atoms with Gasteiger partial charge in [0.2, 0.25) is 11.8 Å². The van der Waals surface area contributed by atoms with Crippen LogP contribution in [0.25, 0.3) is 0 Å². The Bertz CT molecular complexity index is 748. The molecule has 0 aliphatic carbocycles. The fourth-order valence-electron chi connectivity index (χ4n) is 2.42. The van der Waals surface area contributed by atoms with E-state index >= 15 is 0 Å². The van der Waals surface area contributed by atoms with Crippen molar-refractivity contribution in [1.82, 2.24) is 10.2 Å². The molecule has 0 spiro atoms. The number of carbonyl (C=O) groups excluding carboxylic acids is 2. The highest BCUT2D eigenvalue weighted by Gasteiger charge is 2.13. The lowest BCUT2D eigenvalue weighted by molar-refractivity contribution is -0.123. The van der Waals surface area contributed by atoms with E-state index in [1.54, 1.807) is 48.4 Å². The third kappa shape index (κ3) is 7.29. The number of ether oxygens (including phenoxy) is 1. The van der Waals surface area contributed by atoms with Gasteiger partial charge in [0.25, 0.3) is 0 Å². The molecule has 0 aromatic heterocycles. The van der Waals surface area contributed by atoms with Gasteiger partial charge in [-0.25, -0.2) is 0 Å². The molecule has 2 N–H and O–H groups in total. The van der Waals surface area contributed by atoms with Gasteiger partial charge >= 0.3 is 0 Å². The number of benzene rings is 2. The molecule has 6 nitrogen and oxygen atoms in total. The van der Waals surface area contributed by atoms with E-state index in [0.29, 0.717) is 23.8 Å². The Morgan fingerprint density at radius 2 is 1.63 bits per heavy atom. The fraction of sp³-hybridized carbons (Fsp3) is 0.300. The summed E-state index contributed by atoms with van der Waals surface area (Å²) in [6.45, 7) is 3.21. The van der Waals surface area contributed by atoms with Crippen LogP contribution in [0.3, 0.4) is 0 Å². The summed E-state index contributed by atoms with van der Waals surface area (Å²) < 4.78 is 5.09. The van der Waals surface area contributed by atoms with Crippen molar-refractivity contribution in [2.24, 2.45) is 0 Å². The molecular weight excluding hydrogens is 366 g/mol. The van der Waals surface area contributed by atoms with Gasteiger partial charge in [-0.1, -0.05) is 30.7 Å². The lowest BCUT2D eigenvalue weighted by atomic mass is 10.2. The molecule has 2 aromatic carbocycles. The van der Waals surface area contributed by atoms with Crippen molar-refractivity contribution in [2.75, 3.05) is 32.1 Å². The number of nitrogens with zero attached hydrogens (tertiary/aromatic N) is 1. The molecule has 7 heteroatoms. The van der Waals surface area contributed by atoms with Gasteiger partial charge in [-0.05, 0) is 48.5 Å². The number of likely N-dealkylation sites (N-methyl/N-ethyl adjacent to an activating group) is 1. The van der Waals surface area contributed by atoms with E-state index in [-0.39, 0.29) is 24.9 Å². The van der Waals surface area contributed by atoms with Crippen molar-refractivity contribution in [3.63, 3.8) is 0 Å². The molecule has 0 unspecified atom stereocenters. The molecule has 2 aromatic rings. The van der Waals surface area contributed by atoms with Gasteiger partial charge in [0.1, 0.15) is 5.75 Å². The molecule has 2 rings (SSSR count). The van der Waals surface area contributed by atoms with Crippen LogP contribution in [-0.2, 0) is 16.1 Å². The molecule has 0 radical (unpaired) electrons. The van der Waals surface area contributed by atoms with E-state index < -0.39 is 0 Å². The lowest BCUT2D eigenvalue weighted by Gasteiger charge is -2.19. The second kappa shape index (κ2) is 10.5. The maximum absolute atomic E-state index is 12.2. The van der Waals surface area contributed by atoms with Crippen molar-refractivity contribution in [2.45, 2.75) is 13.5 Å². The second-order valence-electron chi connectivity index (χ2n) is 5.98. The minimum Gasteiger partial charge on any atom is -0.497 e. The topological polar surface area (TPSA) is 70.7 Å². The van der Waals surface area contributed by atoms with Crippen LogP contribution in [0.5, 0.6) is 5.75 Å². The van der Waals surface area contributed by atoms with Gasteiger partial charge in [-0.2, -0.15) is 0 Å². The third-order valence-corrected chi connectivity index (χ3v) is 4.21. The van der Waals surface area contributed by atoms with E-state index in [0.717, 1.165) is 11.3 Å². The Morgan fingerprint density at radius 1 is 1.00 bits per heavy atom. The predicted molar refractivity (Wildman–Crippen MR) is 107 cm³/mol. The number of hydrogen-bond acceptors (Lipinski definition) is 4. The molecule has 0 saturated heterocycles. The van der Waals surface area contributed by atoms with Crippen LogP contribution in [-0.4, -0.2) is 43.5 Å². The number of amides is 2. The molecule has 144 valence electrons. The quantitative estimate of drug-likeness (QED) is 0.691. The molecule has 0 aliphatic rings. The van der Waals surface area contributed by atoms with Crippen LogP contribution in [0.4, 0.5) is 5.69 Å². The summed E-state index contributed by atoms with van der Waals surface area (Å²) in [5, 5.41) is 6.32. The number of hydrogen-bond donors (Lipinski definition) is 2. The summed E-state index contributed by atoms with van der Waals surface area (Å²) in [6, 6.07) is 14.4. The zero-order chi connectivity index (χ0) is 19.6.